The van der Waals surface area contributed by atoms with Crippen LogP contribution in [0, 0.1) is 0 Å². The number of ether oxygens (including phenoxy) is 2. The molecule has 6 N–H and O–H groups in total. The van der Waals surface area contributed by atoms with Gasteiger partial charge in [0.25, 0.3) is 0 Å². The minimum Gasteiger partial charge on any atom is -0.394 e. The van der Waals surface area contributed by atoms with Crippen molar-refractivity contribution < 1.29 is 39.8 Å². The summed E-state index contributed by atoms with van der Waals surface area (Å²) in [5, 5.41) is 54.8. The van der Waals surface area contributed by atoms with E-state index in [1.165, 1.54) is 225 Å². The summed E-state index contributed by atoms with van der Waals surface area (Å²) in [6.45, 7) is 3.70. The summed E-state index contributed by atoms with van der Waals surface area (Å²) in [5.74, 6) is -0.175. The molecule has 1 rings (SSSR count). The minimum absolute atomic E-state index is 0.175. The first kappa shape index (κ1) is 75.6. The zero-order valence-electron chi connectivity index (χ0n) is 52.1. The predicted octanol–water partition coefficient (Wildman–Crippen LogP) is 18.4. The molecule has 1 amide bonds. The highest BCUT2D eigenvalue weighted by molar-refractivity contribution is 5.76. The number of unbranched alkanes of at least 4 members (excludes halogenated alkanes) is 39. The van der Waals surface area contributed by atoms with E-state index in [0.717, 1.165) is 70.6 Å². The van der Waals surface area contributed by atoms with Crippen LogP contribution < -0.4 is 5.32 Å². The molecule has 466 valence electrons. The number of amides is 1. The van der Waals surface area contributed by atoms with Gasteiger partial charge in [0.2, 0.25) is 5.91 Å². The Morgan fingerprint density at radius 3 is 1.15 bits per heavy atom. The first-order valence-corrected chi connectivity index (χ1v) is 34.2. The maximum Gasteiger partial charge on any atom is 0.220 e. The summed E-state index contributed by atoms with van der Waals surface area (Å²) in [6.07, 6.45) is 77.1. The Kier molecular flexibility index (Phi) is 56.5. The number of carbonyl (C=O) groups is 1. The number of hydrogen-bond acceptors (Lipinski definition) is 8. The van der Waals surface area contributed by atoms with Crippen LogP contribution in [0.2, 0.25) is 0 Å². The second-order valence-corrected chi connectivity index (χ2v) is 23.6. The smallest absolute Gasteiger partial charge is 0.220 e. The molecular formula is C71H129NO8. The lowest BCUT2D eigenvalue weighted by molar-refractivity contribution is -0.302. The lowest BCUT2D eigenvalue weighted by Gasteiger charge is -2.40. The molecule has 9 nitrogen and oxygen atoms in total. The number of allylic oxidation sites excluding steroid dienone is 11. The fourth-order valence-electron chi connectivity index (χ4n) is 10.7. The van der Waals surface area contributed by atoms with Crippen molar-refractivity contribution in [1.29, 1.82) is 0 Å². The quantitative estimate of drug-likeness (QED) is 0.0261. The van der Waals surface area contributed by atoms with Gasteiger partial charge in [-0.25, -0.2) is 0 Å². The molecule has 1 fully saturated rings. The molecule has 80 heavy (non-hydrogen) atoms. The van der Waals surface area contributed by atoms with Crippen molar-refractivity contribution in [2.24, 2.45) is 0 Å². The van der Waals surface area contributed by atoms with E-state index in [1.807, 2.05) is 6.08 Å². The van der Waals surface area contributed by atoms with Gasteiger partial charge in [-0.05, 0) is 64.2 Å². The minimum atomic E-state index is -1.57. The van der Waals surface area contributed by atoms with Crippen molar-refractivity contribution in [2.75, 3.05) is 13.2 Å². The van der Waals surface area contributed by atoms with Gasteiger partial charge in [0.05, 0.1) is 25.4 Å². The van der Waals surface area contributed by atoms with E-state index in [0.29, 0.717) is 6.42 Å². The number of rotatable bonds is 59. The summed E-state index contributed by atoms with van der Waals surface area (Å²) >= 11 is 0. The normalized spacial score (nSPS) is 18.9. The van der Waals surface area contributed by atoms with Crippen LogP contribution in [0.15, 0.2) is 72.9 Å². The topological polar surface area (TPSA) is 149 Å². The van der Waals surface area contributed by atoms with Gasteiger partial charge < -0.3 is 40.3 Å². The number of aliphatic hydroxyl groups is 5. The van der Waals surface area contributed by atoms with Crippen LogP contribution in [0.25, 0.3) is 0 Å². The third kappa shape index (κ3) is 48.0. The molecule has 0 aromatic heterocycles. The first-order valence-electron chi connectivity index (χ1n) is 34.2. The van der Waals surface area contributed by atoms with Crippen LogP contribution in [0.1, 0.15) is 316 Å². The van der Waals surface area contributed by atoms with Crippen molar-refractivity contribution in [2.45, 2.75) is 358 Å². The molecule has 0 aromatic carbocycles. The second kappa shape index (κ2) is 59.8. The van der Waals surface area contributed by atoms with Gasteiger partial charge in [-0.15, -0.1) is 0 Å². The van der Waals surface area contributed by atoms with Crippen molar-refractivity contribution in [3.8, 4) is 0 Å². The molecule has 1 aliphatic heterocycles. The van der Waals surface area contributed by atoms with Gasteiger partial charge in [0.1, 0.15) is 24.4 Å². The van der Waals surface area contributed by atoms with Crippen LogP contribution in [-0.4, -0.2) is 87.5 Å². The fourth-order valence-corrected chi connectivity index (χ4v) is 10.7. The fraction of sp³-hybridized carbons (Fsp3) is 0.817. The van der Waals surface area contributed by atoms with E-state index in [-0.39, 0.29) is 12.5 Å². The third-order valence-corrected chi connectivity index (χ3v) is 16.0. The summed E-state index contributed by atoms with van der Waals surface area (Å²) in [4.78, 5) is 13.1. The molecule has 0 spiro atoms. The highest BCUT2D eigenvalue weighted by Gasteiger charge is 2.44. The molecule has 1 heterocycles. The monoisotopic (exact) mass is 1120 g/mol. The van der Waals surface area contributed by atoms with Crippen LogP contribution in [0.5, 0.6) is 0 Å². The number of hydrogen-bond donors (Lipinski definition) is 6. The summed E-state index contributed by atoms with van der Waals surface area (Å²) in [7, 11) is 0. The second-order valence-electron chi connectivity index (χ2n) is 23.6. The Balaban J connectivity index is 2.15. The van der Waals surface area contributed by atoms with Gasteiger partial charge in [-0.1, -0.05) is 318 Å². The Bertz CT molecular complexity index is 1490. The molecule has 0 aromatic rings. The molecule has 0 bridgehead atoms. The molecule has 7 unspecified atom stereocenters. The molecule has 0 aliphatic carbocycles. The number of aliphatic hydroxyl groups excluding tert-OH is 5. The van der Waals surface area contributed by atoms with Crippen LogP contribution >= 0.6 is 0 Å². The number of carbonyl (C=O) groups excluding carboxylic acids is 1. The van der Waals surface area contributed by atoms with Crippen LogP contribution in [-0.2, 0) is 14.3 Å². The summed E-state index contributed by atoms with van der Waals surface area (Å²) < 4.78 is 11.3. The van der Waals surface area contributed by atoms with E-state index in [9.17, 15) is 30.3 Å². The number of nitrogens with one attached hydrogen (secondary N) is 1. The maximum absolute atomic E-state index is 13.1. The standard InChI is InChI=1S/C71H129NO8/c1-3-5-7-9-11-13-15-17-19-21-23-25-27-29-31-32-33-34-35-37-39-41-43-45-47-49-51-53-55-57-59-61-67(75)72-64(63-79-71-70(78)69(77)68(76)66(62-73)80-71)65(74)60-58-56-54-52-50-48-46-44-42-40-38-36-30-28-26-24-22-20-18-16-14-12-10-8-6-4-2/h5,7,11,13,17,19,23,25,29,31,58,60,64-66,68-71,73-74,76-78H,3-4,6,8-10,12,14-16,18,20-22,24,26-28,30,32-57,59,61-63H2,1-2H3,(H,72,75)/b7-5-,13-11-,19-17-,25-23-,31-29-,60-58+. The first-order chi connectivity index (χ1) is 39.3. The lowest BCUT2D eigenvalue weighted by atomic mass is 9.99. The summed E-state index contributed by atoms with van der Waals surface area (Å²) in [5.41, 5.74) is 0. The Morgan fingerprint density at radius 2 is 0.775 bits per heavy atom. The van der Waals surface area contributed by atoms with E-state index in [2.05, 4.69) is 79.9 Å². The van der Waals surface area contributed by atoms with Crippen LogP contribution in [0.3, 0.4) is 0 Å². The Hall–Kier alpha value is -2.37. The van der Waals surface area contributed by atoms with Gasteiger partial charge in [0.15, 0.2) is 6.29 Å². The molecule has 1 aliphatic rings. The van der Waals surface area contributed by atoms with Crippen molar-refractivity contribution in [3.63, 3.8) is 0 Å². The Morgan fingerprint density at radius 1 is 0.438 bits per heavy atom. The molecular weight excluding hydrogens is 995 g/mol. The average Bonchev–Trinajstić information content (AvgIpc) is 3.46. The summed E-state index contributed by atoms with van der Waals surface area (Å²) in [6, 6.07) is -0.809. The maximum atomic E-state index is 13.1. The van der Waals surface area contributed by atoms with Crippen molar-refractivity contribution >= 4 is 5.91 Å². The van der Waals surface area contributed by atoms with E-state index < -0.39 is 49.5 Å². The Labute approximate surface area is 493 Å². The van der Waals surface area contributed by atoms with E-state index in [4.69, 9.17) is 9.47 Å². The zero-order valence-corrected chi connectivity index (χ0v) is 52.1. The molecule has 1 saturated heterocycles. The largest absolute Gasteiger partial charge is 0.394 e. The molecule has 7 atom stereocenters. The van der Waals surface area contributed by atoms with Crippen molar-refractivity contribution in [1.82, 2.24) is 5.32 Å². The van der Waals surface area contributed by atoms with Gasteiger partial charge >= 0.3 is 0 Å². The van der Waals surface area contributed by atoms with Gasteiger partial charge in [-0.2, -0.15) is 0 Å². The average molecular weight is 1120 g/mol. The third-order valence-electron chi connectivity index (χ3n) is 16.0. The highest BCUT2D eigenvalue weighted by Crippen LogP contribution is 2.23. The zero-order chi connectivity index (χ0) is 57.9. The lowest BCUT2D eigenvalue weighted by Crippen LogP contribution is -2.60. The molecule has 0 radical (unpaired) electrons. The molecule has 0 saturated carbocycles. The van der Waals surface area contributed by atoms with Crippen molar-refractivity contribution in [3.05, 3.63) is 72.9 Å². The van der Waals surface area contributed by atoms with Gasteiger partial charge in [-0.3, -0.25) is 4.79 Å². The van der Waals surface area contributed by atoms with Gasteiger partial charge in [0, 0.05) is 6.42 Å². The van der Waals surface area contributed by atoms with E-state index in [1.54, 1.807) is 6.08 Å². The highest BCUT2D eigenvalue weighted by atomic mass is 16.7. The predicted molar refractivity (Wildman–Crippen MR) is 341 cm³/mol. The SMILES string of the molecule is CC/C=C\C/C=C\C/C=C\C/C=C\C/C=C\CCCCCCCCCCCCCCCCCC(=O)NC(COC1OC(CO)C(O)C(O)C1O)C(O)/C=C/CCCCCCCCCCCCCCCCCCCCCCCCCC. The van der Waals surface area contributed by atoms with E-state index >= 15 is 0 Å². The van der Waals surface area contributed by atoms with Crippen LogP contribution in [0.4, 0.5) is 0 Å². The molecule has 9 heteroatoms.